The van der Waals surface area contributed by atoms with Crippen molar-refractivity contribution in [3.63, 3.8) is 0 Å². The largest absolute Gasteiger partial charge is 0.375 e. The molecule has 1 aliphatic rings. The first-order chi connectivity index (χ1) is 4.83. The maximum atomic E-state index is 5.40. The minimum atomic E-state index is -0.432. The summed E-state index contributed by atoms with van der Waals surface area (Å²) >= 11 is 0. The van der Waals surface area contributed by atoms with Crippen LogP contribution >= 0.6 is 0 Å². The molecule has 0 unspecified atom stereocenters. The van der Waals surface area contributed by atoms with Crippen molar-refractivity contribution in [3.05, 3.63) is 25.3 Å². The molecule has 0 radical (unpaired) electrons. The molecule has 0 amide bonds. The van der Waals surface area contributed by atoms with Crippen LogP contribution < -0.4 is 0 Å². The smallest absolute Gasteiger partial charge is 0.127 e. The van der Waals surface area contributed by atoms with E-state index in [4.69, 9.17) is 9.47 Å². The van der Waals surface area contributed by atoms with E-state index in [1.807, 2.05) is 0 Å². The third kappa shape index (κ3) is 1.28. The summed E-state index contributed by atoms with van der Waals surface area (Å²) in [5.74, 6) is 0. The topological polar surface area (TPSA) is 18.5 Å². The predicted octanol–water partition coefficient (Wildman–Crippen LogP) is 1.14. The van der Waals surface area contributed by atoms with Gasteiger partial charge in [-0.05, 0) is 0 Å². The summed E-state index contributed by atoms with van der Waals surface area (Å²) in [5.41, 5.74) is -0.432. The summed E-state index contributed by atoms with van der Waals surface area (Å²) in [7, 11) is 0. The van der Waals surface area contributed by atoms with E-state index in [-0.39, 0.29) is 0 Å². The molecular weight excluding hydrogens is 128 g/mol. The van der Waals surface area contributed by atoms with Crippen molar-refractivity contribution in [2.75, 3.05) is 19.8 Å². The highest BCUT2D eigenvalue weighted by molar-refractivity contribution is 5.10. The lowest BCUT2D eigenvalue weighted by atomic mass is 10.1. The maximum Gasteiger partial charge on any atom is 0.127 e. The summed E-state index contributed by atoms with van der Waals surface area (Å²) in [6.07, 6.45) is 3.44. The van der Waals surface area contributed by atoms with Crippen LogP contribution in [0.1, 0.15) is 0 Å². The van der Waals surface area contributed by atoms with E-state index in [1.54, 1.807) is 12.2 Å². The van der Waals surface area contributed by atoms with E-state index in [0.29, 0.717) is 19.8 Å². The average molecular weight is 140 g/mol. The van der Waals surface area contributed by atoms with E-state index in [2.05, 4.69) is 13.2 Å². The van der Waals surface area contributed by atoms with E-state index in [9.17, 15) is 0 Å². The Hall–Kier alpha value is -0.600. The van der Waals surface area contributed by atoms with Crippen molar-refractivity contribution in [2.45, 2.75) is 5.60 Å². The molecule has 0 aromatic heterocycles. The third-order valence-corrected chi connectivity index (χ3v) is 1.62. The lowest BCUT2D eigenvalue weighted by Gasteiger charge is -2.31. The van der Waals surface area contributed by atoms with Gasteiger partial charge in [-0.15, -0.1) is 0 Å². The van der Waals surface area contributed by atoms with Crippen LogP contribution in [0.3, 0.4) is 0 Å². The highest BCUT2D eigenvalue weighted by atomic mass is 16.6. The molecule has 0 spiro atoms. The quantitative estimate of drug-likeness (QED) is 0.535. The fourth-order valence-corrected chi connectivity index (χ4v) is 0.883. The van der Waals surface area contributed by atoms with Gasteiger partial charge in [0.05, 0.1) is 19.8 Å². The van der Waals surface area contributed by atoms with Crippen molar-refractivity contribution >= 4 is 0 Å². The Morgan fingerprint density at radius 3 is 2.20 bits per heavy atom. The fourth-order valence-electron chi connectivity index (χ4n) is 0.883. The number of ether oxygens (including phenoxy) is 2. The molecule has 0 aromatic carbocycles. The van der Waals surface area contributed by atoms with Crippen molar-refractivity contribution in [1.29, 1.82) is 0 Å². The van der Waals surface area contributed by atoms with Gasteiger partial charge in [0.2, 0.25) is 0 Å². The van der Waals surface area contributed by atoms with Gasteiger partial charge in [-0.2, -0.15) is 0 Å². The number of hydrogen-bond donors (Lipinski definition) is 0. The van der Waals surface area contributed by atoms with Crippen LogP contribution in [0.4, 0.5) is 0 Å². The molecule has 1 fully saturated rings. The van der Waals surface area contributed by atoms with Crippen LogP contribution in [0.5, 0.6) is 0 Å². The van der Waals surface area contributed by atoms with Crippen LogP contribution in [0.15, 0.2) is 25.3 Å². The Morgan fingerprint density at radius 1 is 1.20 bits per heavy atom. The van der Waals surface area contributed by atoms with Gasteiger partial charge in [0, 0.05) is 0 Å². The van der Waals surface area contributed by atoms with Crippen LogP contribution in [0, 0.1) is 0 Å². The third-order valence-electron chi connectivity index (χ3n) is 1.62. The van der Waals surface area contributed by atoms with E-state index in [0.717, 1.165) is 0 Å². The van der Waals surface area contributed by atoms with Gasteiger partial charge in [0.1, 0.15) is 5.60 Å². The molecule has 2 heteroatoms. The Balaban J connectivity index is 2.60. The van der Waals surface area contributed by atoms with Crippen molar-refractivity contribution < 1.29 is 9.47 Å². The fraction of sp³-hybridized carbons (Fsp3) is 0.500. The molecule has 0 aromatic rings. The molecule has 1 heterocycles. The first kappa shape index (κ1) is 7.51. The van der Waals surface area contributed by atoms with Crippen molar-refractivity contribution in [3.8, 4) is 0 Å². The molecule has 10 heavy (non-hydrogen) atoms. The molecule has 1 saturated heterocycles. The molecule has 0 N–H and O–H groups in total. The zero-order valence-corrected chi connectivity index (χ0v) is 6.01. The highest BCUT2D eigenvalue weighted by Crippen LogP contribution is 2.17. The normalized spacial score (nSPS) is 23.6. The number of hydrogen-bond acceptors (Lipinski definition) is 2. The molecule has 1 aliphatic heterocycles. The highest BCUT2D eigenvalue weighted by Gasteiger charge is 2.26. The van der Waals surface area contributed by atoms with Gasteiger partial charge in [-0.25, -0.2) is 0 Å². The SMILES string of the molecule is C=CC1(C=C)COCCO1. The van der Waals surface area contributed by atoms with Gasteiger partial charge < -0.3 is 9.47 Å². The van der Waals surface area contributed by atoms with Crippen LogP contribution in [-0.2, 0) is 9.47 Å². The van der Waals surface area contributed by atoms with Crippen LogP contribution in [0.2, 0.25) is 0 Å². The Kier molecular flexibility index (Phi) is 2.25. The zero-order chi connectivity index (χ0) is 7.45. The van der Waals surface area contributed by atoms with E-state index in [1.165, 1.54) is 0 Å². The Labute approximate surface area is 61.1 Å². The summed E-state index contributed by atoms with van der Waals surface area (Å²) in [4.78, 5) is 0. The number of rotatable bonds is 2. The second-order valence-corrected chi connectivity index (χ2v) is 2.26. The first-order valence-electron chi connectivity index (χ1n) is 3.32. The van der Waals surface area contributed by atoms with Gasteiger partial charge in [-0.1, -0.05) is 25.3 Å². The van der Waals surface area contributed by atoms with Crippen LogP contribution in [0.25, 0.3) is 0 Å². The molecule has 1 rings (SSSR count). The monoisotopic (exact) mass is 140 g/mol. The maximum absolute atomic E-state index is 5.40. The molecule has 56 valence electrons. The second-order valence-electron chi connectivity index (χ2n) is 2.26. The summed E-state index contributed by atoms with van der Waals surface area (Å²) in [5, 5.41) is 0. The minimum absolute atomic E-state index is 0.432. The Bertz CT molecular complexity index is 124. The van der Waals surface area contributed by atoms with Gasteiger partial charge in [0.25, 0.3) is 0 Å². The predicted molar refractivity (Wildman–Crippen MR) is 39.9 cm³/mol. The van der Waals surface area contributed by atoms with E-state index >= 15 is 0 Å². The van der Waals surface area contributed by atoms with Crippen molar-refractivity contribution in [2.24, 2.45) is 0 Å². The van der Waals surface area contributed by atoms with Crippen molar-refractivity contribution in [1.82, 2.24) is 0 Å². The molecule has 0 bridgehead atoms. The van der Waals surface area contributed by atoms with Gasteiger partial charge in [0.15, 0.2) is 0 Å². The second kappa shape index (κ2) is 2.99. The average Bonchev–Trinajstić information content (AvgIpc) is 2.06. The zero-order valence-electron chi connectivity index (χ0n) is 6.01. The van der Waals surface area contributed by atoms with E-state index < -0.39 is 5.60 Å². The molecule has 2 nitrogen and oxygen atoms in total. The summed E-state index contributed by atoms with van der Waals surface area (Å²) < 4.78 is 10.6. The Morgan fingerprint density at radius 2 is 1.90 bits per heavy atom. The van der Waals surface area contributed by atoms with Gasteiger partial charge in [-0.3, -0.25) is 0 Å². The summed E-state index contributed by atoms with van der Waals surface area (Å²) in [6, 6.07) is 0. The molecule has 0 aliphatic carbocycles. The minimum Gasteiger partial charge on any atom is -0.375 e. The van der Waals surface area contributed by atoms with Gasteiger partial charge >= 0.3 is 0 Å². The lowest BCUT2D eigenvalue weighted by molar-refractivity contribution is -0.107. The lowest BCUT2D eigenvalue weighted by Crippen LogP contribution is -2.39. The molecular formula is C8H12O2. The first-order valence-corrected chi connectivity index (χ1v) is 3.32. The van der Waals surface area contributed by atoms with Crippen LogP contribution in [-0.4, -0.2) is 25.4 Å². The molecule has 0 saturated carbocycles. The summed E-state index contributed by atoms with van der Waals surface area (Å²) in [6.45, 7) is 9.14. The molecule has 0 atom stereocenters. The standard InChI is InChI=1S/C8H12O2/c1-3-8(4-2)7-9-5-6-10-8/h3-4H,1-2,5-7H2.